The molecular weight excluding hydrogens is 371 g/mol. The fourth-order valence-corrected chi connectivity index (χ4v) is 2.66. The van der Waals surface area contributed by atoms with E-state index in [0.29, 0.717) is 15.7 Å². The minimum absolute atomic E-state index is 0.0478. The van der Waals surface area contributed by atoms with Gasteiger partial charge in [0.25, 0.3) is 5.91 Å². The molecule has 6 nitrogen and oxygen atoms in total. The van der Waals surface area contributed by atoms with Gasteiger partial charge in [0, 0.05) is 16.6 Å². The Labute approximate surface area is 141 Å². The Hall–Kier alpha value is -1.93. The number of aliphatic hydroxyl groups is 1. The molecule has 124 valence electrons. The largest absolute Gasteiger partial charge is 0.466 e. The molecule has 0 radical (unpaired) electrons. The van der Waals surface area contributed by atoms with Crippen LogP contribution in [0.4, 0.5) is 10.1 Å². The molecule has 2 N–H and O–H groups in total. The standard InChI is InChI=1S/C15H16BrFN2O4/c1-8-10(17)3-4-11(12(8)16)18-13-9(15(22)23-2)7-19(5-6-20)14(13)21/h3-4,18,20H,5-7H2,1-2H3. The highest BCUT2D eigenvalue weighted by atomic mass is 79.9. The molecule has 1 heterocycles. The second-order valence-corrected chi connectivity index (χ2v) is 5.75. The highest BCUT2D eigenvalue weighted by Crippen LogP contribution is 2.31. The maximum Gasteiger partial charge on any atom is 0.337 e. The van der Waals surface area contributed by atoms with Crippen LogP contribution in [0.5, 0.6) is 0 Å². The van der Waals surface area contributed by atoms with Gasteiger partial charge < -0.3 is 20.1 Å². The number of ether oxygens (including phenoxy) is 1. The van der Waals surface area contributed by atoms with E-state index in [1.807, 2.05) is 0 Å². The van der Waals surface area contributed by atoms with Crippen molar-refractivity contribution in [1.29, 1.82) is 0 Å². The number of nitrogens with one attached hydrogen (secondary N) is 1. The number of halogens is 2. The number of benzene rings is 1. The Balaban J connectivity index is 2.39. The number of hydrogen-bond acceptors (Lipinski definition) is 5. The highest BCUT2D eigenvalue weighted by molar-refractivity contribution is 9.10. The fraction of sp³-hybridized carbons (Fsp3) is 0.333. The molecular formula is C15H16BrFN2O4. The number of aliphatic hydroxyl groups excluding tert-OH is 1. The number of esters is 1. The Morgan fingerprint density at radius 2 is 2.22 bits per heavy atom. The van der Waals surface area contributed by atoms with Crippen LogP contribution in [0.25, 0.3) is 0 Å². The monoisotopic (exact) mass is 386 g/mol. The number of carbonyl (C=O) groups excluding carboxylic acids is 2. The molecule has 0 spiro atoms. The van der Waals surface area contributed by atoms with E-state index >= 15 is 0 Å². The van der Waals surface area contributed by atoms with Gasteiger partial charge >= 0.3 is 5.97 Å². The smallest absolute Gasteiger partial charge is 0.337 e. The van der Waals surface area contributed by atoms with E-state index in [2.05, 4.69) is 21.2 Å². The van der Waals surface area contributed by atoms with Crippen molar-refractivity contribution in [3.05, 3.63) is 39.3 Å². The summed E-state index contributed by atoms with van der Waals surface area (Å²) in [6.45, 7) is 1.53. The van der Waals surface area contributed by atoms with Gasteiger partial charge in [0.2, 0.25) is 0 Å². The summed E-state index contributed by atoms with van der Waals surface area (Å²) >= 11 is 3.27. The van der Waals surface area contributed by atoms with Gasteiger partial charge in [-0.3, -0.25) is 4.79 Å². The van der Waals surface area contributed by atoms with E-state index in [0.717, 1.165) is 0 Å². The summed E-state index contributed by atoms with van der Waals surface area (Å²) in [6.07, 6.45) is 0. The summed E-state index contributed by atoms with van der Waals surface area (Å²) < 4.78 is 18.7. The first kappa shape index (κ1) is 17.4. The Morgan fingerprint density at radius 3 is 2.83 bits per heavy atom. The van der Waals surface area contributed by atoms with Crippen LogP contribution >= 0.6 is 15.9 Å². The van der Waals surface area contributed by atoms with Crippen LogP contribution in [0, 0.1) is 12.7 Å². The van der Waals surface area contributed by atoms with Crippen molar-refractivity contribution >= 4 is 33.5 Å². The number of methoxy groups -OCH3 is 1. The Morgan fingerprint density at radius 1 is 1.52 bits per heavy atom. The number of anilines is 1. The topological polar surface area (TPSA) is 78.9 Å². The molecule has 1 aliphatic rings. The average molecular weight is 387 g/mol. The minimum Gasteiger partial charge on any atom is -0.466 e. The van der Waals surface area contributed by atoms with Gasteiger partial charge in [0.15, 0.2) is 0 Å². The summed E-state index contributed by atoms with van der Waals surface area (Å²) in [6, 6.07) is 2.74. The zero-order valence-electron chi connectivity index (χ0n) is 12.7. The number of amides is 1. The van der Waals surface area contributed by atoms with Crippen LogP contribution in [-0.4, -0.2) is 48.7 Å². The lowest BCUT2D eigenvalue weighted by atomic mass is 10.2. The summed E-state index contributed by atoms with van der Waals surface area (Å²) in [7, 11) is 1.23. The van der Waals surface area contributed by atoms with E-state index in [1.54, 1.807) is 6.92 Å². The van der Waals surface area contributed by atoms with Gasteiger partial charge in [-0.15, -0.1) is 0 Å². The molecule has 1 aromatic rings. The number of β-amino-alcohol motifs (C(OH)–C–C–N with tert-alkyl or cyclic N) is 1. The van der Waals surface area contributed by atoms with Gasteiger partial charge in [-0.1, -0.05) is 0 Å². The molecule has 0 aliphatic carbocycles. The van der Waals surface area contributed by atoms with Crippen molar-refractivity contribution in [3.8, 4) is 0 Å². The molecule has 0 fully saturated rings. The Kier molecular flexibility index (Phi) is 5.38. The van der Waals surface area contributed by atoms with Crippen molar-refractivity contribution in [1.82, 2.24) is 4.90 Å². The van der Waals surface area contributed by atoms with Crippen LogP contribution in [0.15, 0.2) is 27.9 Å². The zero-order chi connectivity index (χ0) is 17.1. The maximum absolute atomic E-state index is 13.5. The zero-order valence-corrected chi connectivity index (χ0v) is 14.2. The Bertz CT molecular complexity index is 690. The first-order valence-corrected chi connectivity index (χ1v) is 7.63. The van der Waals surface area contributed by atoms with Crippen LogP contribution < -0.4 is 5.32 Å². The molecule has 23 heavy (non-hydrogen) atoms. The molecule has 0 saturated heterocycles. The molecule has 1 amide bonds. The van der Waals surface area contributed by atoms with E-state index in [9.17, 15) is 14.0 Å². The molecule has 1 aromatic carbocycles. The van der Waals surface area contributed by atoms with E-state index in [4.69, 9.17) is 9.84 Å². The summed E-state index contributed by atoms with van der Waals surface area (Å²) in [5, 5.41) is 11.9. The van der Waals surface area contributed by atoms with Crippen molar-refractivity contribution < 1.29 is 23.8 Å². The van der Waals surface area contributed by atoms with Gasteiger partial charge in [-0.25, -0.2) is 9.18 Å². The third-order valence-corrected chi connectivity index (χ3v) is 4.56. The second-order valence-electron chi connectivity index (χ2n) is 4.95. The SMILES string of the molecule is COC(=O)C1=C(Nc2ccc(F)c(C)c2Br)C(=O)N(CCO)C1. The van der Waals surface area contributed by atoms with E-state index in [-0.39, 0.29) is 36.8 Å². The number of carbonyl (C=O) groups is 2. The first-order chi connectivity index (χ1) is 10.9. The normalized spacial score (nSPS) is 14.5. The maximum atomic E-state index is 13.5. The molecule has 0 aromatic heterocycles. The highest BCUT2D eigenvalue weighted by Gasteiger charge is 2.34. The number of rotatable bonds is 5. The lowest BCUT2D eigenvalue weighted by Gasteiger charge is -2.15. The molecule has 0 atom stereocenters. The van der Waals surface area contributed by atoms with E-state index < -0.39 is 11.9 Å². The van der Waals surface area contributed by atoms with Gasteiger partial charge in [0.05, 0.1) is 31.5 Å². The van der Waals surface area contributed by atoms with Crippen molar-refractivity contribution in [2.75, 3.05) is 32.1 Å². The molecule has 1 aliphatic heterocycles. The third kappa shape index (κ3) is 3.37. The predicted molar refractivity (Wildman–Crippen MR) is 85.2 cm³/mol. The second kappa shape index (κ2) is 7.10. The average Bonchev–Trinajstić information content (AvgIpc) is 2.84. The third-order valence-electron chi connectivity index (χ3n) is 3.53. The molecule has 8 heteroatoms. The lowest BCUT2D eigenvalue weighted by Crippen LogP contribution is -2.31. The van der Waals surface area contributed by atoms with Crippen LogP contribution in [0.2, 0.25) is 0 Å². The van der Waals surface area contributed by atoms with Crippen molar-refractivity contribution in [3.63, 3.8) is 0 Å². The quantitative estimate of drug-likeness (QED) is 0.750. The number of nitrogens with zero attached hydrogens (tertiary/aromatic N) is 1. The molecule has 0 bridgehead atoms. The van der Waals surface area contributed by atoms with E-state index in [1.165, 1.54) is 24.1 Å². The number of hydrogen-bond donors (Lipinski definition) is 2. The van der Waals surface area contributed by atoms with Gasteiger partial charge in [0.1, 0.15) is 11.5 Å². The van der Waals surface area contributed by atoms with Gasteiger partial charge in [-0.05, 0) is 35.0 Å². The van der Waals surface area contributed by atoms with Crippen LogP contribution in [0.3, 0.4) is 0 Å². The van der Waals surface area contributed by atoms with Gasteiger partial charge in [-0.2, -0.15) is 0 Å². The van der Waals surface area contributed by atoms with Crippen molar-refractivity contribution in [2.45, 2.75) is 6.92 Å². The predicted octanol–water partition coefficient (Wildman–Crippen LogP) is 1.57. The van der Waals surface area contributed by atoms with Crippen molar-refractivity contribution in [2.24, 2.45) is 0 Å². The minimum atomic E-state index is -0.628. The fourth-order valence-electron chi connectivity index (χ4n) is 2.24. The summed E-state index contributed by atoms with van der Waals surface area (Å²) in [5.74, 6) is -1.44. The van der Waals surface area contributed by atoms with Crippen LogP contribution in [-0.2, 0) is 14.3 Å². The summed E-state index contributed by atoms with van der Waals surface area (Å²) in [4.78, 5) is 25.6. The molecule has 0 saturated carbocycles. The molecule has 0 unspecified atom stereocenters. The summed E-state index contributed by atoms with van der Waals surface area (Å²) in [5.41, 5.74) is 1.07. The first-order valence-electron chi connectivity index (χ1n) is 6.84. The molecule has 2 rings (SSSR count). The lowest BCUT2D eigenvalue weighted by molar-refractivity contribution is -0.136. The van der Waals surface area contributed by atoms with Crippen LogP contribution in [0.1, 0.15) is 5.56 Å².